The lowest BCUT2D eigenvalue weighted by molar-refractivity contribution is 0.0941. The van der Waals surface area contributed by atoms with Crippen LogP contribution in [0.2, 0.25) is 0 Å². The quantitative estimate of drug-likeness (QED) is 0.362. The number of hydrogen-bond donors (Lipinski definition) is 4. The molecule has 1 fully saturated rings. The van der Waals surface area contributed by atoms with Gasteiger partial charge in [-0.1, -0.05) is 30.3 Å². The highest BCUT2D eigenvalue weighted by Gasteiger charge is 2.46. The molecule has 2 aromatic carbocycles. The van der Waals surface area contributed by atoms with Crippen molar-refractivity contribution in [2.45, 2.75) is 49.2 Å². The third-order valence-corrected chi connectivity index (χ3v) is 8.53. The third-order valence-electron chi connectivity index (χ3n) is 7.19. The molecular weight excluding hydrogens is 529 g/mol. The lowest BCUT2D eigenvalue weighted by Crippen LogP contribution is -2.53. The molecule has 0 spiro atoms. The van der Waals surface area contributed by atoms with E-state index in [4.69, 9.17) is 0 Å². The summed E-state index contributed by atoms with van der Waals surface area (Å²) in [6.07, 6.45) is 1.93. The Bertz CT molecular complexity index is 1580. The highest BCUT2D eigenvalue weighted by molar-refractivity contribution is 7.90. The molecule has 4 N–H and O–H groups in total. The Balaban J connectivity index is 1.45. The Hall–Kier alpha value is -4.26. The maximum Gasteiger partial charge on any atom is 0.329 e. The van der Waals surface area contributed by atoms with Crippen LogP contribution in [0.4, 0.5) is 9.18 Å². The van der Waals surface area contributed by atoms with Gasteiger partial charge in [0.05, 0.1) is 10.4 Å². The van der Waals surface area contributed by atoms with Gasteiger partial charge in [0.1, 0.15) is 11.6 Å². The molecule has 13 heteroatoms. The fourth-order valence-corrected chi connectivity index (χ4v) is 6.07. The number of carbonyl (C=O) groups excluding carboxylic acids is 2. The van der Waals surface area contributed by atoms with Gasteiger partial charge in [-0.15, -0.1) is 0 Å². The van der Waals surface area contributed by atoms with E-state index in [-0.39, 0.29) is 29.7 Å². The molecule has 2 aliphatic heterocycles. The summed E-state index contributed by atoms with van der Waals surface area (Å²) < 4.78 is 41.8. The van der Waals surface area contributed by atoms with Gasteiger partial charge in [0, 0.05) is 13.1 Å². The van der Waals surface area contributed by atoms with E-state index in [0.29, 0.717) is 31.2 Å². The summed E-state index contributed by atoms with van der Waals surface area (Å²) in [6.45, 7) is 0.226. The van der Waals surface area contributed by atoms with Crippen molar-refractivity contribution >= 4 is 22.0 Å². The molecule has 1 aliphatic carbocycles. The van der Waals surface area contributed by atoms with Crippen LogP contribution >= 0.6 is 0 Å². The lowest BCUT2D eigenvalue weighted by Gasteiger charge is -2.37. The van der Waals surface area contributed by atoms with E-state index in [1.807, 2.05) is 4.72 Å². The standard InChI is InChI=1S/C26H26FN5O6S/c27-18-8-6-16(7-9-18)14-28-22(34)20-21(33)23(35)32-15-17-10-12-26(13-11-17,24(32)29-20)30-25(36)31-39(37,38)19-4-2-1-3-5-19/h1-9,17,33H,10-15H2,(H,28,34)(H2,30,31,36). The van der Waals surface area contributed by atoms with Crippen LogP contribution in [0, 0.1) is 11.7 Å². The van der Waals surface area contributed by atoms with Gasteiger partial charge in [0.2, 0.25) is 5.75 Å². The number of hydrogen-bond acceptors (Lipinski definition) is 7. The summed E-state index contributed by atoms with van der Waals surface area (Å²) in [5.74, 6) is -1.94. The van der Waals surface area contributed by atoms with Crippen LogP contribution in [-0.4, -0.2) is 35.0 Å². The van der Waals surface area contributed by atoms with E-state index < -0.39 is 50.3 Å². The number of amides is 3. The maximum atomic E-state index is 13.2. The van der Waals surface area contributed by atoms with Crippen LogP contribution in [0.5, 0.6) is 5.75 Å². The van der Waals surface area contributed by atoms with Crippen molar-refractivity contribution in [1.29, 1.82) is 0 Å². The fraction of sp³-hybridized carbons (Fsp3) is 0.308. The van der Waals surface area contributed by atoms with Crippen molar-refractivity contribution in [3.63, 3.8) is 0 Å². The molecule has 11 nitrogen and oxygen atoms in total. The zero-order chi connectivity index (χ0) is 27.8. The van der Waals surface area contributed by atoms with Gasteiger partial charge in [-0.3, -0.25) is 14.2 Å². The minimum Gasteiger partial charge on any atom is -0.501 e. The van der Waals surface area contributed by atoms with E-state index in [1.165, 1.54) is 53.1 Å². The van der Waals surface area contributed by atoms with Gasteiger partial charge >= 0.3 is 6.03 Å². The van der Waals surface area contributed by atoms with Gasteiger partial charge in [-0.2, -0.15) is 0 Å². The SMILES string of the molecule is O=C(NC12CCC(CC1)Cn1c2nc(C(=O)NCc2ccc(F)cc2)c(O)c1=O)NS(=O)(=O)c1ccccc1. The summed E-state index contributed by atoms with van der Waals surface area (Å²) in [6, 6.07) is 11.8. The number of nitrogens with zero attached hydrogens (tertiary/aromatic N) is 2. The number of carbonyl (C=O) groups is 2. The molecule has 39 heavy (non-hydrogen) atoms. The highest BCUT2D eigenvalue weighted by atomic mass is 32.2. The monoisotopic (exact) mass is 555 g/mol. The molecule has 1 aromatic heterocycles. The van der Waals surface area contributed by atoms with Gasteiger partial charge in [-0.25, -0.2) is 27.3 Å². The van der Waals surface area contributed by atoms with Crippen LogP contribution < -0.4 is 20.9 Å². The van der Waals surface area contributed by atoms with Gasteiger partial charge < -0.3 is 15.7 Å². The van der Waals surface area contributed by atoms with E-state index in [1.54, 1.807) is 6.07 Å². The average Bonchev–Trinajstić information content (AvgIpc) is 3.16. The smallest absolute Gasteiger partial charge is 0.329 e. The zero-order valence-corrected chi connectivity index (χ0v) is 21.5. The second-order valence-corrected chi connectivity index (χ2v) is 11.4. The number of fused-ring (bicyclic) bond motifs is 2. The fourth-order valence-electron chi connectivity index (χ4n) is 5.14. The highest BCUT2D eigenvalue weighted by Crippen LogP contribution is 2.42. The molecule has 0 radical (unpaired) electrons. The largest absolute Gasteiger partial charge is 0.501 e. The van der Waals surface area contributed by atoms with E-state index in [9.17, 15) is 32.3 Å². The number of halogens is 1. The first-order valence-electron chi connectivity index (χ1n) is 12.3. The van der Waals surface area contributed by atoms with Crippen molar-refractivity contribution < 1.29 is 27.5 Å². The molecule has 3 heterocycles. The second kappa shape index (κ2) is 10.1. The van der Waals surface area contributed by atoms with Crippen molar-refractivity contribution in [2.75, 3.05) is 0 Å². The second-order valence-electron chi connectivity index (χ2n) is 9.76. The zero-order valence-electron chi connectivity index (χ0n) is 20.7. The minimum atomic E-state index is -4.17. The number of benzene rings is 2. The van der Waals surface area contributed by atoms with E-state index >= 15 is 0 Å². The van der Waals surface area contributed by atoms with Crippen molar-refractivity contribution in [3.8, 4) is 5.75 Å². The molecule has 0 unspecified atom stereocenters. The predicted octanol–water partition coefficient (Wildman–Crippen LogP) is 2.11. The van der Waals surface area contributed by atoms with Crippen LogP contribution in [0.15, 0.2) is 64.3 Å². The molecule has 3 amide bonds. The van der Waals surface area contributed by atoms with Crippen LogP contribution in [0.25, 0.3) is 0 Å². The molecule has 204 valence electrons. The number of rotatable bonds is 6. The van der Waals surface area contributed by atoms with Crippen LogP contribution in [-0.2, 0) is 28.7 Å². The third kappa shape index (κ3) is 5.21. The minimum absolute atomic E-state index is 0.0100. The van der Waals surface area contributed by atoms with Crippen molar-refractivity contribution in [2.24, 2.45) is 5.92 Å². The number of nitrogens with one attached hydrogen (secondary N) is 3. The summed E-state index contributed by atoms with van der Waals surface area (Å²) >= 11 is 0. The van der Waals surface area contributed by atoms with Crippen molar-refractivity contribution in [3.05, 3.63) is 87.9 Å². The number of aromatic hydroxyl groups is 1. The summed E-state index contributed by atoms with van der Waals surface area (Å²) in [5, 5.41) is 15.9. The van der Waals surface area contributed by atoms with Gasteiger partial charge in [-0.05, 0) is 61.4 Å². The Kier molecular flexibility index (Phi) is 6.85. The Morgan fingerprint density at radius 1 is 1.08 bits per heavy atom. The number of urea groups is 1. The molecule has 2 bridgehead atoms. The topological polar surface area (TPSA) is 159 Å². The van der Waals surface area contributed by atoms with Gasteiger partial charge in [0.25, 0.3) is 21.5 Å². The lowest BCUT2D eigenvalue weighted by atomic mass is 9.77. The number of aromatic nitrogens is 2. The first-order chi connectivity index (χ1) is 18.6. The maximum absolute atomic E-state index is 13.2. The first kappa shape index (κ1) is 26.4. The Morgan fingerprint density at radius 3 is 2.41 bits per heavy atom. The Labute approximate surface area is 223 Å². The molecule has 1 saturated carbocycles. The molecule has 3 aromatic rings. The summed E-state index contributed by atoms with van der Waals surface area (Å²) in [5.41, 5.74) is -2.01. The number of sulfonamides is 1. The van der Waals surface area contributed by atoms with E-state index in [0.717, 1.165) is 0 Å². The average molecular weight is 556 g/mol. The molecule has 0 atom stereocenters. The molecule has 0 saturated heterocycles. The summed E-state index contributed by atoms with van der Waals surface area (Å²) in [7, 11) is -4.17. The van der Waals surface area contributed by atoms with Crippen molar-refractivity contribution in [1.82, 2.24) is 24.9 Å². The predicted molar refractivity (Wildman–Crippen MR) is 137 cm³/mol. The Morgan fingerprint density at radius 2 is 1.74 bits per heavy atom. The van der Waals surface area contributed by atoms with Crippen LogP contribution in [0.1, 0.15) is 47.6 Å². The molecule has 6 rings (SSSR count). The first-order valence-corrected chi connectivity index (χ1v) is 13.8. The molecular formula is C26H26FN5O6S. The normalized spacial score (nSPS) is 20.0. The van der Waals surface area contributed by atoms with Gasteiger partial charge in [0.15, 0.2) is 5.69 Å². The summed E-state index contributed by atoms with van der Waals surface area (Å²) in [4.78, 5) is 43.4. The van der Waals surface area contributed by atoms with E-state index in [2.05, 4.69) is 15.6 Å². The molecule has 3 aliphatic rings. The van der Waals surface area contributed by atoms with Crippen LogP contribution in [0.3, 0.4) is 0 Å².